The van der Waals surface area contributed by atoms with Crippen LogP contribution in [-0.2, 0) is 6.54 Å². The molecule has 0 aliphatic carbocycles. The zero-order valence-electron chi connectivity index (χ0n) is 15.0. The van der Waals surface area contributed by atoms with E-state index in [-0.39, 0.29) is 23.6 Å². The Balaban J connectivity index is 2.02. The Hall–Kier alpha value is -2.54. The molecule has 3 N–H and O–H groups in total. The minimum Gasteiger partial charge on any atom is -0.497 e. The number of nitrogens with zero attached hydrogens (tertiary/aromatic N) is 1. The summed E-state index contributed by atoms with van der Waals surface area (Å²) in [7, 11) is 3.16. The smallest absolute Gasteiger partial charge is 0.273 e. The van der Waals surface area contributed by atoms with Crippen molar-refractivity contribution in [2.24, 2.45) is 11.7 Å². The number of amides is 1. The third-order valence-electron chi connectivity index (χ3n) is 4.23. The van der Waals surface area contributed by atoms with Crippen molar-refractivity contribution in [3.8, 4) is 11.5 Å². The Bertz CT molecular complexity index is 714. The number of methoxy groups -OCH3 is 2. The molecule has 25 heavy (non-hydrogen) atoms. The third-order valence-corrected chi connectivity index (χ3v) is 4.23. The van der Waals surface area contributed by atoms with E-state index >= 15 is 0 Å². The predicted molar refractivity (Wildman–Crippen MR) is 93.6 cm³/mol. The summed E-state index contributed by atoms with van der Waals surface area (Å²) in [6.07, 6.45) is 2.24. The van der Waals surface area contributed by atoms with Crippen molar-refractivity contribution in [2.45, 2.75) is 32.9 Å². The van der Waals surface area contributed by atoms with Crippen LogP contribution < -0.4 is 20.5 Å². The fourth-order valence-corrected chi connectivity index (χ4v) is 2.31. The molecule has 1 aromatic heterocycles. The van der Waals surface area contributed by atoms with Gasteiger partial charge in [-0.05, 0) is 18.1 Å². The molecule has 2 rings (SSSR count). The lowest BCUT2D eigenvalue weighted by Crippen LogP contribution is -2.24. The largest absolute Gasteiger partial charge is 0.497 e. The maximum atomic E-state index is 12.3. The van der Waals surface area contributed by atoms with Crippen molar-refractivity contribution in [2.75, 3.05) is 14.2 Å². The first-order chi connectivity index (χ1) is 12.0. The lowest BCUT2D eigenvalue weighted by atomic mass is 10.0. The average molecular weight is 347 g/mol. The summed E-state index contributed by atoms with van der Waals surface area (Å²) in [6, 6.07) is 5.09. The van der Waals surface area contributed by atoms with Crippen molar-refractivity contribution in [3.63, 3.8) is 0 Å². The first kappa shape index (κ1) is 18.8. The Morgan fingerprint density at radius 1 is 1.36 bits per heavy atom. The quantitative estimate of drug-likeness (QED) is 0.761. The second-order valence-corrected chi connectivity index (χ2v) is 5.84. The van der Waals surface area contributed by atoms with E-state index in [4.69, 9.17) is 19.6 Å². The number of hydrogen-bond acceptors (Lipinski definition) is 6. The van der Waals surface area contributed by atoms with Crippen molar-refractivity contribution in [1.82, 2.24) is 10.3 Å². The molecule has 0 fully saturated rings. The zero-order valence-corrected chi connectivity index (χ0v) is 15.0. The van der Waals surface area contributed by atoms with Crippen molar-refractivity contribution in [1.29, 1.82) is 0 Å². The van der Waals surface area contributed by atoms with Gasteiger partial charge >= 0.3 is 0 Å². The van der Waals surface area contributed by atoms with E-state index in [9.17, 15) is 4.79 Å². The third kappa shape index (κ3) is 4.51. The molecular formula is C18H25N3O4. The number of benzene rings is 1. The van der Waals surface area contributed by atoms with Crippen molar-refractivity contribution in [3.05, 3.63) is 41.6 Å². The van der Waals surface area contributed by atoms with Crippen LogP contribution in [0, 0.1) is 5.92 Å². The van der Waals surface area contributed by atoms with Gasteiger partial charge in [0.2, 0.25) is 5.89 Å². The van der Waals surface area contributed by atoms with Gasteiger partial charge in [0, 0.05) is 18.2 Å². The molecule has 0 aliphatic rings. The molecule has 0 saturated heterocycles. The average Bonchev–Trinajstić information content (AvgIpc) is 3.14. The molecule has 0 bridgehead atoms. The van der Waals surface area contributed by atoms with Crippen LogP contribution >= 0.6 is 0 Å². The molecule has 2 atom stereocenters. The summed E-state index contributed by atoms with van der Waals surface area (Å²) >= 11 is 0. The van der Waals surface area contributed by atoms with Gasteiger partial charge in [0.05, 0.1) is 20.3 Å². The molecule has 0 radical (unpaired) electrons. The molecule has 1 aromatic carbocycles. The SMILES string of the molecule is CCC(C)C(N)c1nc(C(=O)NCc2ccc(OC)cc2OC)co1. The van der Waals surface area contributed by atoms with E-state index < -0.39 is 0 Å². The number of rotatable bonds is 8. The van der Waals surface area contributed by atoms with Gasteiger partial charge in [-0.3, -0.25) is 4.79 Å². The normalized spacial score (nSPS) is 13.2. The van der Waals surface area contributed by atoms with Gasteiger partial charge in [-0.1, -0.05) is 20.3 Å². The van der Waals surface area contributed by atoms with E-state index in [1.165, 1.54) is 6.26 Å². The number of carbonyl (C=O) groups is 1. The number of aromatic nitrogens is 1. The van der Waals surface area contributed by atoms with Crippen LogP contribution in [0.5, 0.6) is 11.5 Å². The molecular weight excluding hydrogens is 322 g/mol. The number of nitrogens with one attached hydrogen (secondary N) is 1. The van der Waals surface area contributed by atoms with E-state index in [2.05, 4.69) is 10.3 Å². The van der Waals surface area contributed by atoms with Gasteiger partial charge in [0.15, 0.2) is 5.69 Å². The number of nitrogens with two attached hydrogens (primary N) is 1. The second kappa shape index (κ2) is 8.53. The Kier molecular flexibility index (Phi) is 6.41. The summed E-state index contributed by atoms with van der Waals surface area (Å²) in [5.74, 6) is 1.59. The highest BCUT2D eigenvalue weighted by atomic mass is 16.5. The van der Waals surface area contributed by atoms with Crippen LogP contribution in [0.2, 0.25) is 0 Å². The first-order valence-corrected chi connectivity index (χ1v) is 8.20. The highest BCUT2D eigenvalue weighted by molar-refractivity contribution is 5.91. The number of hydrogen-bond donors (Lipinski definition) is 2. The van der Waals surface area contributed by atoms with E-state index in [1.807, 2.05) is 26.0 Å². The fraction of sp³-hybridized carbons (Fsp3) is 0.444. The topological polar surface area (TPSA) is 99.6 Å². The lowest BCUT2D eigenvalue weighted by Gasteiger charge is -2.13. The van der Waals surface area contributed by atoms with Crippen LogP contribution in [0.15, 0.2) is 28.9 Å². The molecule has 7 nitrogen and oxygen atoms in total. The lowest BCUT2D eigenvalue weighted by molar-refractivity contribution is 0.0945. The number of oxazole rings is 1. The van der Waals surface area contributed by atoms with Crippen LogP contribution in [0.3, 0.4) is 0 Å². The second-order valence-electron chi connectivity index (χ2n) is 5.84. The predicted octanol–water partition coefficient (Wildman–Crippen LogP) is 2.67. The molecule has 2 aromatic rings. The minimum atomic E-state index is -0.329. The minimum absolute atomic E-state index is 0.209. The molecule has 1 heterocycles. The highest BCUT2D eigenvalue weighted by Gasteiger charge is 2.21. The van der Waals surface area contributed by atoms with Crippen molar-refractivity contribution >= 4 is 5.91 Å². The first-order valence-electron chi connectivity index (χ1n) is 8.20. The molecule has 0 saturated carbocycles. The monoisotopic (exact) mass is 347 g/mol. The van der Waals surface area contributed by atoms with E-state index in [1.54, 1.807) is 20.3 Å². The molecule has 136 valence electrons. The maximum Gasteiger partial charge on any atom is 0.273 e. The summed E-state index contributed by atoms with van der Waals surface area (Å²) < 4.78 is 15.8. The highest BCUT2D eigenvalue weighted by Crippen LogP contribution is 2.24. The van der Waals surface area contributed by atoms with Gasteiger partial charge < -0.3 is 24.9 Å². The van der Waals surface area contributed by atoms with Crippen molar-refractivity contribution < 1.29 is 18.7 Å². The van der Waals surface area contributed by atoms with Crippen LogP contribution in [0.25, 0.3) is 0 Å². The molecule has 2 unspecified atom stereocenters. The van der Waals surface area contributed by atoms with E-state index in [0.717, 1.165) is 12.0 Å². The summed E-state index contributed by atoms with van der Waals surface area (Å²) in [4.78, 5) is 16.5. The standard InChI is InChI=1S/C18H25N3O4/c1-5-11(2)16(19)18-21-14(10-25-18)17(22)20-9-12-6-7-13(23-3)8-15(12)24-4/h6-8,10-11,16H,5,9,19H2,1-4H3,(H,20,22). The van der Waals surface area contributed by atoms with Crippen LogP contribution in [0.1, 0.15) is 48.3 Å². The van der Waals surface area contributed by atoms with Gasteiger partial charge in [0.1, 0.15) is 17.8 Å². The zero-order chi connectivity index (χ0) is 18.4. The van der Waals surface area contributed by atoms with Crippen LogP contribution in [-0.4, -0.2) is 25.1 Å². The molecule has 0 aliphatic heterocycles. The number of carbonyl (C=O) groups excluding carboxylic acids is 1. The molecule has 0 spiro atoms. The van der Waals surface area contributed by atoms with Gasteiger partial charge in [-0.2, -0.15) is 0 Å². The molecule has 7 heteroatoms. The summed E-state index contributed by atoms with van der Waals surface area (Å²) in [6.45, 7) is 4.36. The Morgan fingerprint density at radius 3 is 2.76 bits per heavy atom. The summed E-state index contributed by atoms with van der Waals surface area (Å²) in [5.41, 5.74) is 7.12. The molecule has 1 amide bonds. The van der Waals surface area contributed by atoms with Crippen LogP contribution in [0.4, 0.5) is 0 Å². The van der Waals surface area contributed by atoms with E-state index in [0.29, 0.717) is 23.9 Å². The van der Waals surface area contributed by atoms with Gasteiger partial charge in [-0.15, -0.1) is 0 Å². The Labute approximate surface area is 147 Å². The van der Waals surface area contributed by atoms with Gasteiger partial charge in [0.25, 0.3) is 5.91 Å². The maximum absolute atomic E-state index is 12.3. The Morgan fingerprint density at radius 2 is 2.12 bits per heavy atom. The summed E-state index contributed by atoms with van der Waals surface area (Å²) in [5, 5.41) is 2.80. The fourth-order valence-electron chi connectivity index (χ4n) is 2.31. The van der Waals surface area contributed by atoms with Gasteiger partial charge in [-0.25, -0.2) is 4.98 Å². The number of ether oxygens (including phenoxy) is 2.